The Kier molecular flexibility index (Phi) is 12.4. The highest BCUT2D eigenvalue weighted by Crippen LogP contribution is 2.37. The number of carbonyl (C=O) groups is 2. The molecular formula is C41H43ClN2O4S. The summed E-state index contributed by atoms with van der Waals surface area (Å²) < 4.78 is 11.6. The SMILES string of the molecule is COC(=O)C(CCSC)NC(=O)c1ccc(CN(Cc2cc(-c3ccccc3)c(-c3ccc(Cl)cc3)o2)C(C)C)cc1-c1ccccc1C. The Balaban J connectivity index is 1.47. The van der Waals surface area contributed by atoms with Crippen molar-refractivity contribution in [2.24, 2.45) is 0 Å². The number of rotatable bonds is 14. The average Bonchev–Trinajstić information content (AvgIpc) is 3.54. The molecule has 5 aromatic rings. The lowest BCUT2D eigenvalue weighted by molar-refractivity contribution is -0.142. The van der Waals surface area contributed by atoms with Crippen molar-refractivity contribution < 1.29 is 18.7 Å². The summed E-state index contributed by atoms with van der Waals surface area (Å²) in [4.78, 5) is 28.6. The Bertz CT molecular complexity index is 1870. The number of carbonyl (C=O) groups excluding carboxylic acids is 2. The Labute approximate surface area is 298 Å². The molecule has 4 aromatic carbocycles. The largest absolute Gasteiger partial charge is 0.467 e. The van der Waals surface area contributed by atoms with Crippen LogP contribution in [0.2, 0.25) is 5.02 Å². The highest BCUT2D eigenvalue weighted by molar-refractivity contribution is 7.98. The highest BCUT2D eigenvalue weighted by Gasteiger charge is 2.25. The van der Waals surface area contributed by atoms with Gasteiger partial charge in [0, 0.05) is 34.3 Å². The predicted octanol–water partition coefficient (Wildman–Crippen LogP) is 9.68. The van der Waals surface area contributed by atoms with E-state index in [0.29, 0.717) is 30.1 Å². The monoisotopic (exact) mass is 694 g/mol. The van der Waals surface area contributed by atoms with Crippen LogP contribution in [0.15, 0.2) is 108 Å². The van der Waals surface area contributed by atoms with E-state index < -0.39 is 12.0 Å². The van der Waals surface area contributed by atoms with E-state index in [-0.39, 0.29) is 11.9 Å². The van der Waals surface area contributed by atoms with Gasteiger partial charge < -0.3 is 14.5 Å². The number of aryl methyl sites for hydroxylation is 1. The topological polar surface area (TPSA) is 71.8 Å². The standard InChI is InChI=1S/C41H43ClN2O4S/c1-27(2)44(26-33-24-36(30-12-7-6-8-13-30)39(48-33)31-16-18-32(42)19-17-31)25-29-15-20-35(37(23-29)34-14-10-9-11-28(34)3)40(45)43-38(21-22-49-5)41(46)47-4/h6-20,23-24,27,38H,21-22,25-26H2,1-5H3,(H,43,45). The van der Waals surface area contributed by atoms with Gasteiger partial charge in [-0.3, -0.25) is 9.69 Å². The number of methoxy groups -OCH3 is 1. The average molecular weight is 695 g/mol. The third kappa shape index (κ3) is 9.04. The normalized spacial score (nSPS) is 11.9. The molecule has 0 aliphatic rings. The van der Waals surface area contributed by atoms with E-state index in [1.54, 1.807) is 11.8 Å². The van der Waals surface area contributed by atoms with E-state index in [0.717, 1.165) is 56.2 Å². The molecule has 1 heterocycles. The number of nitrogens with zero attached hydrogens (tertiary/aromatic N) is 1. The van der Waals surface area contributed by atoms with Gasteiger partial charge in [0.05, 0.1) is 13.7 Å². The number of furan rings is 1. The van der Waals surface area contributed by atoms with Crippen molar-refractivity contribution in [1.82, 2.24) is 10.2 Å². The smallest absolute Gasteiger partial charge is 0.328 e. The number of ether oxygens (including phenoxy) is 1. The van der Waals surface area contributed by atoms with Gasteiger partial charge in [0.2, 0.25) is 0 Å². The Morgan fingerprint density at radius 3 is 2.24 bits per heavy atom. The maximum Gasteiger partial charge on any atom is 0.328 e. The Morgan fingerprint density at radius 1 is 0.857 bits per heavy atom. The molecule has 8 heteroatoms. The number of thioether (sulfide) groups is 1. The molecule has 0 radical (unpaired) electrons. The summed E-state index contributed by atoms with van der Waals surface area (Å²) in [5, 5.41) is 3.62. The van der Waals surface area contributed by atoms with Gasteiger partial charge in [-0.05, 0) is 109 Å². The molecule has 1 N–H and O–H groups in total. The van der Waals surface area contributed by atoms with Gasteiger partial charge in [-0.15, -0.1) is 0 Å². The second-order valence-electron chi connectivity index (χ2n) is 12.4. The maximum absolute atomic E-state index is 13.8. The van der Waals surface area contributed by atoms with Crippen LogP contribution in [-0.4, -0.2) is 48.0 Å². The van der Waals surface area contributed by atoms with Crippen LogP contribution < -0.4 is 5.32 Å². The number of benzene rings is 4. The molecule has 1 atom stereocenters. The number of esters is 1. The summed E-state index contributed by atoms with van der Waals surface area (Å²) in [7, 11) is 1.35. The van der Waals surface area contributed by atoms with Crippen molar-refractivity contribution in [3.05, 3.63) is 131 Å². The molecule has 6 nitrogen and oxygen atoms in total. The maximum atomic E-state index is 13.8. The molecule has 1 unspecified atom stereocenters. The van der Waals surface area contributed by atoms with Crippen molar-refractivity contribution in [2.45, 2.75) is 52.4 Å². The number of halogens is 1. The molecule has 1 amide bonds. The first-order chi connectivity index (χ1) is 23.7. The Hall–Kier alpha value is -4.30. The van der Waals surface area contributed by atoms with Gasteiger partial charge in [0.15, 0.2) is 0 Å². The fourth-order valence-electron chi connectivity index (χ4n) is 5.87. The molecule has 254 valence electrons. The first kappa shape index (κ1) is 36.0. The number of nitrogens with one attached hydrogen (secondary N) is 1. The third-order valence-electron chi connectivity index (χ3n) is 8.61. The van der Waals surface area contributed by atoms with Crippen LogP contribution in [0.3, 0.4) is 0 Å². The lowest BCUT2D eigenvalue weighted by Crippen LogP contribution is -2.42. The van der Waals surface area contributed by atoms with Gasteiger partial charge in [-0.1, -0.05) is 72.3 Å². The summed E-state index contributed by atoms with van der Waals surface area (Å²) in [6, 6.07) is 33.6. The van der Waals surface area contributed by atoms with Crippen molar-refractivity contribution in [2.75, 3.05) is 19.1 Å². The molecule has 49 heavy (non-hydrogen) atoms. The van der Waals surface area contributed by atoms with E-state index in [4.69, 9.17) is 20.8 Å². The molecular weight excluding hydrogens is 652 g/mol. The quantitative estimate of drug-likeness (QED) is 0.117. The minimum Gasteiger partial charge on any atom is -0.467 e. The fourth-order valence-corrected chi connectivity index (χ4v) is 6.47. The Morgan fingerprint density at radius 2 is 1.57 bits per heavy atom. The van der Waals surface area contributed by atoms with Crippen molar-refractivity contribution in [1.29, 1.82) is 0 Å². The molecule has 5 rings (SSSR count). The third-order valence-corrected chi connectivity index (χ3v) is 9.51. The van der Waals surface area contributed by atoms with E-state index in [1.165, 1.54) is 7.11 Å². The van der Waals surface area contributed by atoms with Crippen molar-refractivity contribution >= 4 is 35.2 Å². The molecule has 0 fully saturated rings. The summed E-state index contributed by atoms with van der Waals surface area (Å²) in [6.07, 6.45) is 2.46. The van der Waals surface area contributed by atoms with E-state index in [2.05, 4.69) is 48.3 Å². The number of amides is 1. The first-order valence-corrected chi connectivity index (χ1v) is 18.2. The molecule has 0 saturated heterocycles. The summed E-state index contributed by atoms with van der Waals surface area (Å²) in [5.74, 6) is 1.63. The summed E-state index contributed by atoms with van der Waals surface area (Å²) in [6.45, 7) is 7.61. The lowest BCUT2D eigenvalue weighted by Gasteiger charge is -2.26. The lowest BCUT2D eigenvalue weighted by atomic mass is 9.93. The molecule has 0 bridgehead atoms. The summed E-state index contributed by atoms with van der Waals surface area (Å²) >= 11 is 7.83. The van der Waals surface area contributed by atoms with Crippen LogP contribution in [-0.2, 0) is 22.6 Å². The minimum absolute atomic E-state index is 0.200. The van der Waals surface area contributed by atoms with Crippen LogP contribution in [0.1, 0.15) is 47.5 Å². The minimum atomic E-state index is -0.724. The van der Waals surface area contributed by atoms with Crippen LogP contribution in [0, 0.1) is 6.92 Å². The highest BCUT2D eigenvalue weighted by atomic mass is 35.5. The van der Waals surface area contributed by atoms with E-state index in [1.807, 2.05) is 92.0 Å². The van der Waals surface area contributed by atoms with Gasteiger partial charge in [0.25, 0.3) is 5.91 Å². The number of hydrogen-bond donors (Lipinski definition) is 1. The van der Waals surface area contributed by atoms with Gasteiger partial charge in [-0.2, -0.15) is 11.8 Å². The van der Waals surface area contributed by atoms with Gasteiger partial charge in [0.1, 0.15) is 17.6 Å². The molecule has 0 spiro atoms. The van der Waals surface area contributed by atoms with Crippen LogP contribution in [0.5, 0.6) is 0 Å². The first-order valence-electron chi connectivity index (χ1n) is 16.4. The molecule has 0 aliphatic heterocycles. The van der Waals surface area contributed by atoms with Crippen LogP contribution in [0.4, 0.5) is 0 Å². The second kappa shape index (κ2) is 16.9. The predicted molar refractivity (Wildman–Crippen MR) is 202 cm³/mol. The van der Waals surface area contributed by atoms with Crippen LogP contribution >= 0.6 is 23.4 Å². The van der Waals surface area contributed by atoms with Gasteiger partial charge in [-0.25, -0.2) is 4.79 Å². The second-order valence-corrected chi connectivity index (χ2v) is 13.8. The fraction of sp³-hybridized carbons (Fsp3) is 0.268. The molecule has 1 aromatic heterocycles. The van der Waals surface area contributed by atoms with Gasteiger partial charge >= 0.3 is 5.97 Å². The van der Waals surface area contributed by atoms with Crippen LogP contribution in [0.25, 0.3) is 33.6 Å². The molecule has 0 saturated carbocycles. The van der Waals surface area contributed by atoms with Crippen molar-refractivity contribution in [3.8, 4) is 33.6 Å². The van der Waals surface area contributed by atoms with E-state index in [9.17, 15) is 9.59 Å². The zero-order valence-electron chi connectivity index (χ0n) is 28.7. The summed E-state index contributed by atoms with van der Waals surface area (Å²) in [5.41, 5.74) is 7.49. The zero-order chi connectivity index (χ0) is 34.9. The van der Waals surface area contributed by atoms with Crippen molar-refractivity contribution in [3.63, 3.8) is 0 Å². The zero-order valence-corrected chi connectivity index (χ0v) is 30.2. The molecule has 0 aliphatic carbocycles. The number of hydrogen-bond acceptors (Lipinski definition) is 6. The van der Waals surface area contributed by atoms with E-state index >= 15 is 0 Å².